The van der Waals surface area contributed by atoms with Crippen LogP contribution in [0.1, 0.15) is 148 Å². The summed E-state index contributed by atoms with van der Waals surface area (Å²) in [7, 11) is -6.83. The van der Waals surface area contributed by atoms with Gasteiger partial charge in [-0.2, -0.15) is 0 Å². The lowest BCUT2D eigenvalue weighted by molar-refractivity contribution is -0.570. The number of rotatable bonds is 12. The fraction of sp³-hybridized carbons (Fsp3) is 0.163. The van der Waals surface area contributed by atoms with Crippen molar-refractivity contribution >= 4 is 61.7 Å². The molecule has 5 nitrogen and oxygen atoms in total. The average Bonchev–Trinajstić information content (AvgIpc) is 1.48. The molecule has 0 saturated carbocycles. The lowest BCUT2D eigenvalue weighted by Gasteiger charge is -2.38. The van der Waals surface area contributed by atoms with Gasteiger partial charge in [-0.25, -0.2) is 4.98 Å². The van der Waals surface area contributed by atoms with Gasteiger partial charge in [0.2, 0.25) is 0 Å². The molecule has 0 unspecified atom stereocenters. The first-order chi connectivity index (χ1) is 62.6. The van der Waals surface area contributed by atoms with E-state index in [1.165, 1.54) is 79.9 Å². The van der Waals surface area contributed by atoms with Gasteiger partial charge in [0.1, 0.15) is 17.3 Å². The molecule has 3 aromatic heterocycles. The highest BCUT2D eigenvalue weighted by Crippen LogP contribution is 2.51. The monoisotopic (exact) mass is 1250 g/mol. The Morgan fingerprint density at radius 1 is 0.543 bits per heavy atom. The maximum atomic E-state index is 10.9. The van der Waals surface area contributed by atoms with Gasteiger partial charge in [-0.1, -0.05) is 254 Å². The van der Waals surface area contributed by atoms with E-state index in [4.69, 9.17) is 36.3 Å². The van der Waals surface area contributed by atoms with Crippen molar-refractivity contribution in [3.63, 3.8) is 0 Å². The summed E-state index contributed by atoms with van der Waals surface area (Å²) in [4.78, 5) is 4.68. The minimum absolute atomic E-state index is 0.0108. The summed E-state index contributed by atoms with van der Waals surface area (Å²) in [6, 6.07) is 0.449. The fourth-order valence-electron chi connectivity index (χ4n) is 12.4. The molecule has 450 valence electrons. The van der Waals surface area contributed by atoms with Crippen LogP contribution in [-0.2, 0) is 16.2 Å². The molecule has 0 atom stereocenters. The summed E-state index contributed by atoms with van der Waals surface area (Å²) >= 11 is 0. The van der Waals surface area contributed by atoms with E-state index in [0.29, 0.717) is 21.8 Å². The van der Waals surface area contributed by atoms with E-state index < -0.39 is 300 Å². The van der Waals surface area contributed by atoms with E-state index in [-0.39, 0.29) is 45.2 Å². The molecule has 0 radical (unpaired) electrons. The molecule has 0 amide bonds. The van der Waals surface area contributed by atoms with Crippen LogP contribution in [0.25, 0.3) is 83.4 Å². The Kier molecular flexibility index (Phi) is 6.65. The Balaban J connectivity index is 1.16. The Hall–Kier alpha value is -10.1. The molecule has 1 aliphatic rings. The largest absolute Gasteiger partial charge is 0.458 e. The molecule has 1 aliphatic carbocycles. The number of aromatic nitrogens is 4. The predicted molar refractivity (Wildman–Crippen MR) is 386 cm³/mol. The summed E-state index contributed by atoms with van der Waals surface area (Å²) in [5.41, 5.74) is -18.4. The number of para-hydroxylation sites is 1. The molecule has 92 heavy (non-hydrogen) atoms. The molecule has 11 aromatic carbocycles. The van der Waals surface area contributed by atoms with Crippen LogP contribution in [0.2, 0.25) is 0 Å². The van der Waals surface area contributed by atoms with Gasteiger partial charge in [-0.05, 0) is 174 Å². The molecular formula is C86H76N4OSi. The van der Waals surface area contributed by atoms with Crippen LogP contribution in [0.4, 0.5) is 0 Å². The maximum absolute atomic E-state index is 10.9. The van der Waals surface area contributed by atoms with Crippen molar-refractivity contribution in [1.29, 1.82) is 0 Å². The smallest absolute Gasteiger partial charge is 0.269 e. The number of nitrogens with zero attached hydrogens (tertiary/aromatic N) is 4. The van der Waals surface area contributed by atoms with Crippen molar-refractivity contribution in [3.8, 4) is 62.1 Å². The Bertz CT molecular complexity index is 7120. The van der Waals surface area contributed by atoms with Crippen molar-refractivity contribution in [3.05, 3.63) is 306 Å². The predicted octanol–water partition coefficient (Wildman–Crippen LogP) is 18.6. The van der Waals surface area contributed by atoms with E-state index in [1.54, 1.807) is 47.0 Å². The van der Waals surface area contributed by atoms with Crippen LogP contribution < -0.4 is 30.1 Å². The fourth-order valence-corrected chi connectivity index (χ4v) is 16.4. The van der Waals surface area contributed by atoms with E-state index >= 15 is 0 Å². The van der Waals surface area contributed by atoms with Gasteiger partial charge in [-0.3, -0.25) is 13.7 Å². The SMILES string of the molecule is [2H]c1c([2H])c([2H])c(-c2cnc(-n3c4ccccc4c4ccc(Oc5cccc(-n6[c-][n+](-c7c(-c8c([2H])c([2H])c9c(c8[2H])C(C([2H])([2H])[2H])(C([2H])([2H])[2H])CC9(C([2H])([2H])[2H])C([2H])([2H])[2H])cc(C(C)(C)C)cc7[Si](c7c([2H])c([2H])c([2H])c([2H])c7[2H])(c7c([2H])c([2H])c([2H])c([2H])c7[2H])c7c([2H])c([2H])c([2H])c([2H])c7[2H])c7ccc(-c8c(C([2H])([2H])[2H])cccc8C([2H])([2H])[2H])cc76)c5)cc43)cc2C([2H])([2H])[2H])c([2H])c1[2H]. The normalized spacial score (nSPS) is 21.5. The number of imidazole rings is 1. The van der Waals surface area contributed by atoms with Gasteiger partial charge in [-0.15, -0.1) is 0 Å². The summed E-state index contributed by atoms with van der Waals surface area (Å²) in [6.07, 6.45) is 2.36. The summed E-state index contributed by atoms with van der Waals surface area (Å²) < 4.78 is 424. The minimum atomic E-state index is -6.83. The first-order valence-electron chi connectivity index (χ1n) is 50.7. The average molecular weight is 1250 g/mol. The van der Waals surface area contributed by atoms with Crippen LogP contribution in [0.5, 0.6) is 11.5 Å². The molecular weight excluding hydrogens is 1130 g/mol. The molecule has 0 fully saturated rings. The standard InChI is InChI=1S/C86H76N4OSi/c1-57-27-25-28-58(2)82(57)62-42-46-77-79(49-62)88(64-31-26-32-65(52-64)91-66-43-44-71-70-39-23-24-40-76(70)90(78(71)53-66)81-47-59(3)73(54-87-81)60-29-15-11-16-30-60)56-89(77)83-72(61-41-45-74-75(48-61)86(9,10)55-85(74,7)8)50-63(84(4,5)6)51-80(83)92(67-33-17-12-18-34-67,68-35-19-13-20-36-68)69-37-21-14-22-38-69/h11-54H,55H2,1-10H3/i1D3,2D3,3D3,7D3,8D3,9D3,10D3,11D,12D,13D,14D,15D,16D,17D,18D,19D,20D,21D,22D,29D,30D,33D,34D,35D,36D,37D,38D,41D,45D,48D. The number of ether oxygens (including phenoxy) is 1. The second kappa shape index (κ2) is 22.4. The number of hydrogen-bond donors (Lipinski definition) is 0. The first-order valence-corrected chi connectivity index (χ1v) is 30.7. The zero-order valence-electron chi connectivity index (χ0n) is 93.0. The Labute approximate surface area is 604 Å². The second-order valence-electron chi connectivity index (χ2n) is 23.3. The molecule has 0 spiro atoms. The van der Waals surface area contributed by atoms with E-state index in [1.807, 2.05) is 0 Å². The highest BCUT2D eigenvalue weighted by atomic mass is 28.3. The van der Waals surface area contributed by atoms with Crippen LogP contribution >= 0.6 is 0 Å². The van der Waals surface area contributed by atoms with Crippen LogP contribution in [-0.4, -0.2) is 22.2 Å². The van der Waals surface area contributed by atoms with E-state index in [9.17, 15) is 28.8 Å². The second-order valence-corrected chi connectivity index (χ2v) is 26.9. The Morgan fingerprint density at radius 3 is 1.86 bits per heavy atom. The zero-order chi connectivity index (χ0) is 101. The van der Waals surface area contributed by atoms with E-state index in [0.717, 1.165) is 35.0 Å². The maximum Gasteiger partial charge on any atom is 0.269 e. The Morgan fingerprint density at radius 2 is 1.18 bits per heavy atom. The number of hydrogen-bond acceptors (Lipinski definition) is 2. The summed E-state index contributed by atoms with van der Waals surface area (Å²) in [6.45, 7) is -21.4. The third-order valence-electron chi connectivity index (χ3n) is 16.5. The van der Waals surface area contributed by atoms with Gasteiger partial charge in [0, 0.05) is 57.4 Å². The molecule has 0 bridgehead atoms. The quantitative estimate of drug-likeness (QED) is 0.0529. The van der Waals surface area contributed by atoms with Gasteiger partial charge in [0.05, 0.1) is 65.0 Å². The third kappa shape index (κ3) is 9.82. The molecule has 15 rings (SSSR count). The van der Waals surface area contributed by atoms with Crippen LogP contribution in [0.3, 0.4) is 0 Å². The molecule has 0 aliphatic heterocycles. The molecule has 14 aromatic rings. The topological polar surface area (TPSA) is 35.9 Å². The lowest BCUT2D eigenvalue weighted by atomic mass is 9.81. The highest BCUT2D eigenvalue weighted by molar-refractivity contribution is 7.20. The van der Waals surface area contributed by atoms with Crippen LogP contribution in [0.15, 0.2) is 266 Å². The molecule has 6 heteroatoms. The van der Waals surface area contributed by atoms with Gasteiger partial charge < -0.3 is 4.74 Å². The van der Waals surface area contributed by atoms with Crippen molar-refractivity contribution < 1.29 is 69.6 Å². The van der Waals surface area contributed by atoms with Gasteiger partial charge in [0.15, 0.2) is 8.07 Å². The summed E-state index contributed by atoms with van der Waals surface area (Å²) in [5.74, 6) is -0.145. The third-order valence-corrected chi connectivity index (χ3v) is 20.7. The summed E-state index contributed by atoms with van der Waals surface area (Å²) in [5, 5.41) is -3.26. The van der Waals surface area contributed by atoms with Gasteiger partial charge >= 0.3 is 0 Å². The number of pyridine rings is 1. The van der Waals surface area contributed by atoms with E-state index in [2.05, 4.69) is 11.3 Å². The number of aryl methyl sites for hydroxylation is 3. The van der Waals surface area contributed by atoms with Crippen molar-refractivity contribution in [2.75, 3.05) is 0 Å². The van der Waals surface area contributed by atoms with Crippen molar-refractivity contribution in [1.82, 2.24) is 14.1 Å². The zero-order valence-corrected chi connectivity index (χ0v) is 50.0. The molecule has 0 N–H and O–H groups in total. The van der Waals surface area contributed by atoms with Crippen molar-refractivity contribution in [2.24, 2.45) is 0 Å². The molecule has 3 heterocycles. The highest BCUT2D eigenvalue weighted by Gasteiger charge is 2.46. The van der Waals surface area contributed by atoms with Crippen LogP contribution in [0, 0.1) is 26.9 Å². The number of benzene rings is 11. The first kappa shape index (κ1) is 27.4. The lowest BCUT2D eigenvalue weighted by Crippen LogP contribution is -2.76. The minimum Gasteiger partial charge on any atom is -0.458 e. The number of fused-ring (bicyclic) bond motifs is 5. The van der Waals surface area contributed by atoms with Crippen molar-refractivity contribution in [2.45, 2.75) is 91.4 Å². The van der Waals surface area contributed by atoms with Gasteiger partial charge in [0.25, 0.3) is 6.33 Å². The molecule has 0 saturated heterocycles.